The van der Waals surface area contributed by atoms with Gasteiger partial charge in [-0.2, -0.15) is 0 Å². The summed E-state index contributed by atoms with van der Waals surface area (Å²) in [6.07, 6.45) is 9.23. The van der Waals surface area contributed by atoms with Gasteiger partial charge in [0.2, 0.25) is 5.95 Å². The molecule has 0 bridgehead atoms. The minimum Gasteiger partial charge on any atom is -0.356 e. The second-order valence-corrected chi connectivity index (χ2v) is 4.77. The third-order valence-electron chi connectivity index (χ3n) is 3.35. The standard InChI is InChI=1S/C13H24N4/c1-2-6-14-13-15-7-10-17(13)12-11-16-8-4-3-5-9-16/h7,10H,2-6,8-9,11-12H2,1H3,(H,14,15). The first-order valence-corrected chi connectivity index (χ1v) is 6.87. The number of anilines is 1. The van der Waals surface area contributed by atoms with Crippen LogP contribution in [0.1, 0.15) is 32.6 Å². The highest BCUT2D eigenvalue weighted by molar-refractivity contribution is 5.25. The van der Waals surface area contributed by atoms with Crippen LogP contribution in [0.2, 0.25) is 0 Å². The number of hydrogen-bond acceptors (Lipinski definition) is 3. The fourth-order valence-electron chi connectivity index (χ4n) is 2.33. The first kappa shape index (κ1) is 12.4. The molecule has 17 heavy (non-hydrogen) atoms. The maximum absolute atomic E-state index is 4.35. The van der Waals surface area contributed by atoms with E-state index in [1.165, 1.54) is 32.4 Å². The molecule has 2 heterocycles. The maximum atomic E-state index is 4.35. The topological polar surface area (TPSA) is 33.1 Å². The van der Waals surface area contributed by atoms with Gasteiger partial charge in [-0.25, -0.2) is 4.98 Å². The van der Waals surface area contributed by atoms with E-state index >= 15 is 0 Å². The zero-order valence-electron chi connectivity index (χ0n) is 10.9. The normalized spacial score (nSPS) is 17.2. The van der Waals surface area contributed by atoms with E-state index in [9.17, 15) is 0 Å². The highest BCUT2D eigenvalue weighted by Gasteiger charge is 2.10. The minimum absolute atomic E-state index is 1.00. The molecule has 1 saturated heterocycles. The molecule has 4 heteroatoms. The average molecular weight is 236 g/mol. The fraction of sp³-hybridized carbons (Fsp3) is 0.769. The molecule has 96 valence electrons. The lowest BCUT2D eigenvalue weighted by Crippen LogP contribution is -2.32. The first-order chi connectivity index (χ1) is 8.40. The lowest BCUT2D eigenvalue weighted by atomic mass is 10.1. The SMILES string of the molecule is CCCNc1nccn1CCN1CCCCC1. The van der Waals surface area contributed by atoms with Crippen LogP contribution < -0.4 is 5.32 Å². The van der Waals surface area contributed by atoms with Crippen molar-refractivity contribution in [1.29, 1.82) is 0 Å². The number of nitrogens with zero attached hydrogens (tertiary/aromatic N) is 3. The van der Waals surface area contributed by atoms with Crippen LogP contribution >= 0.6 is 0 Å². The van der Waals surface area contributed by atoms with Crippen molar-refractivity contribution in [2.45, 2.75) is 39.2 Å². The Morgan fingerprint density at radius 1 is 1.24 bits per heavy atom. The van der Waals surface area contributed by atoms with Gasteiger partial charge in [0.15, 0.2) is 0 Å². The van der Waals surface area contributed by atoms with E-state index in [0.717, 1.165) is 32.0 Å². The van der Waals surface area contributed by atoms with Crippen molar-refractivity contribution < 1.29 is 0 Å². The van der Waals surface area contributed by atoms with E-state index < -0.39 is 0 Å². The molecule has 1 aliphatic heterocycles. The molecule has 0 radical (unpaired) electrons. The Labute approximate surface area is 104 Å². The molecule has 4 nitrogen and oxygen atoms in total. The predicted molar refractivity (Wildman–Crippen MR) is 71.3 cm³/mol. The molecule has 0 aromatic carbocycles. The molecule has 0 spiro atoms. The Morgan fingerprint density at radius 2 is 2.06 bits per heavy atom. The molecule has 0 atom stereocenters. The summed E-state index contributed by atoms with van der Waals surface area (Å²) in [4.78, 5) is 6.91. The third kappa shape index (κ3) is 3.73. The predicted octanol–water partition coefficient (Wildman–Crippen LogP) is 2.19. The van der Waals surface area contributed by atoms with Gasteiger partial charge >= 0.3 is 0 Å². The van der Waals surface area contributed by atoms with Crippen LogP contribution in [0.3, 0.4) is 0 Å². The first-order valence-electron chi connectivity index (χ1n) is 6.87. The van der Waals surface area contributed by atoms with Crippen LogP contribution in [0.4, 0.5) is 5.95 Å². The summed E-state index contributed by atoms with van der Waals surface area (Å²) >= 11 is 0. The Bertz CT molecular complexity index is 315. The van der Waals surface area contributed by atoms with E-state index in [0.29, 0.717) is 0 Å². The quantitative estimate of drug-likeness (QED) is 0.822. The largest absolute Gasteiger partial charge is 0.356 e. The molecule has 0 aliphatic carbocycles. The smallest absolute Gasteiger partial charge is 0.202 e. The third-order valence-corrected chi connectivity index (χ3v) is 3.35. The molecule has 1 N–H and O–H groups in total. The van der Waals surface area contributed by atoms with Crippen LogP contribution in [-0.2, 0) is 6.54 Å². The number of aromatic nitrogens is 2. The summed E-state index contributed by atoms with van der Waals surface area (Å²) in [6, 6.07) is 0. The van der Waals surface area contributed by atoms with E-state index in [1.54, 1.807) is 0 Å². The van der Waals surface area contributed by atoms with Gasteiger partial charge in [0.1, 0.15) is 0 Å². The van der Waals surface area contributed by atoms with Gasteiger partial charge in [-0.3, -0.25) is 0 Å². The summed E-state index contributed by atoms with van der Waals surface area (Å²) in [5, 5.41) is 3.36. The summed E-state index contributed by atoms with van der Waals surface area (Å²) < 4.78 is 2.23. The van der Waals surface area contributed by atoms with Crippen molar-refractivity contribution in [3.63, 3.8) is 0 Å². The van der Waals surface area contributed by atoms with Crippen LogP contribution in [0.25, 0.3) is 0 Å². The van der Waals surface area contributed by atoms with Gasteiger partial charge < -0.3 is 14.8 Å². The van der Waals surface area contributed by atoms with Gasteiger partial charge in [0.25, 0.3) is 0 Å². The van der Waals surface area contributed by atoms with E-state index in [-0.39, 0.29) is 0 Å². The van der Waals surface area contributed by atoms with Gasteiger partial charge in [-0.15, -0.1) is 0 Å². The Balaban J connectivity index is 1.79. The molecule has 0 amide bonds. The molecule has 2 rings (SSSR count). The van der Waals surface area contributed by atoms with Crippen molar-refractivity contribution in [2.24, 2.45) is 0 Å². The van der Waals surface area contributed by atoms with E-state index in [2.05, 4.69) is 32.9 Å². The number of nitrogens with one attached hydrogen (secondary N) is 1. The molecule has 1 aliphatic rings. The van der Waals surface area contributed by atoms with Crippen LogP contribution in [0, 0.1) is 0 Å². The zero-order valence-corrected chi connectivity index (χ0v) is 10.9. The summed E-state index contributed by atoms with van der Waals surface area (Å²) in [7, 11) is 0. The van der Waals surface area contributed by atoms with E-state index in [1.807, 2.05) is 6.20 Å². The van der Waals surface area contributed by atoms with Crippen LogP contribution in [-0.4, -0.2) is 40.6 Å². The van der Waals surface area contributed by atoms with Crippen molar-refractivity contribution in [1.82, 2.24) is 14.5 Å². The molecule has 1 aromatic rings. The number of piperidine rings is 1. The number of rotatable bonds is 6. The minimum atomic E-state index is 1.00. The maximum Gasteiger partial charge on any atom is 0.202 e. The lowest BCUT2D eigenvalue weighted by Gasteiger charge is -2.26. The highest BCUT2D eigenvalue weighted by atomic mass is 15.2. The van der Waals surface area contributed by atoms with Crippen molar-refractivity contribution in [3.8, 4) is 0 Å². The highest BCUT2D eigenvalue weighted by Crippen LogP contribution is 2.10. The van der Waals surface area contributed by atoms with Crippen molar-refractivity contribution in [2.75, 3.05) is 31.5 Å². The Morgan fingerprint density at radius 3 is 2.82 bits per heavy atom. The fourth-order valence-corrected chi connectivity index (χ4v) is 2.33. The zero-order chi connectivity index (χ0) is 11.9. The van der Waals surface area contributed by atoms with Gasteiger partial charge in [0, 0.05) is 32.0 Å². The Hall–Kier alpha value is -1.03. The summed E-state index contributed by atoms with van der Waals surface area (Å²) in [5.74, 6) is 1.02. The van der Waals surface area contributed by atoms with Gasteiger partial charge in [0.05, 0.1) is 0 Å². The van der Waals surface area contributed by atoms with E-state index in [4.69, 9.17) is 0 Å². The molecule has 1 fully saturated rings. The monoisotopic (exact) mass is 236 g/mol. The summed E-state index contributed by atoms with van der Waals surface area (Å²) in [5.41, 5.74) is 0. The van der Waals surface area contributed by atoms with Gasteiger partial charge in [-0.1, -0.05) is 13.3 Å². The lowest BCUT2D eigenvalue weighted by molar-refractivity contribution is 0.221. The number of imidazole rings is 1. The number of likely N-dealkylation sites (tertiary alicyclic amines) is 1. The Kier molecular flexibility index (Phi) is 4.86. The van der Waals surface area contributed by atoms with Crippen LogP contribution in [0.5, 0.6) is 0 Å². The van der Waals surface area contributed by atoms with Crippen molar-refractivity contribution in [3.05, 3.63) is 12.4 Å². The molecule has 1 aromatic heterocycles. The number of hydrogen-bond donors (Lipinski definition) is 1. The molecule has 0 unspecified atom stereocenters. The second kappa shape index (κ2) is 6.64. The summed E-state index contributed by atoms with van der Waals surface area (Å²) in [6.45, 7) is 7.91. The molecular formula is C13H24N4. The molecular weight excluding hydrogens is 212 g/mol. The average Bonchev–Trinajstić information content (AvgIpc) is 2.82. The van der Waals surface area contributed by atoms with Crippen LogP contribution in [0.15, 0.2) is 12.4 Å². The second-order valence-electron chi connectivity index (χ2n) is 4.77. The van der Waals surface area contributed by atoms with Crippen molar-refractivity contribution >= 4 is 5.95 Å². The molecule has 0 saturated carbocycles. The van der Waals surface area contributed by atoms with Gasteiger partial charge in [-0.05, 0) is 32.4 Å².